The Bertz CT molecular complexity index is 602. The van der Waals surface area contributed by atoms with Crippen LogP contribution >= 0.6 is 11.6 Å². The van der Waals surface area contributed by atoms with Crippen LogP contribution in [0.1, 0.15) is 24.8 Å². The van der Waals surface area contributed by atoms with Gasteiger partial charge in [0, 0.05) is 23.7 Å². The Kier molecular flexibility index (Phi) is 4.88. The number of sulfonamides is 1. The molecule has 7 heteroatoms. The van der Waals surface area contributed by atoms with E-state index >= 15 is 0 Å². The Morgan fingerprint density at radius 1 is 1.25 bits per heavy atom. The van der Waals surface area contributed by atoms with Crippen molar-refractivity contribution in [3.05, 3.63) is 23.8 Å². The van der Waals surface area contributed by atoms with Gasteiger partial charge >= 0.3 is 0 Å². The number of hydrogen-bond acceptors (Lipinski definition) is 3. The van der Waals surface area contributed by atoms with Crippen LogP contribution in [0.3, 0.4) is 0 Å². The second-order valence-corrected chi connectivity index (χ2v) is 6.96. The summed E-state index contributed by atoms with van der Waals surface area (Å²) in [5.41, 5.74) is 2.24. The lowest BCUT2D eigenvalue weighted by molar-refractivity contribution is -0.116. The van der Waals surface area contributed by atoms with E-state index in [2.05, 4.69) is 10.0 Å². The van der Waals surface area contributed by atoms with Crippen molar-refractivity contribution in [2.45, 2.75) is 25.7 Å². The summed E-state index contributed by atoms with van der Waals surface area (Å²) in [4.78, 5) is 11.3. The average Bonchev–Trinajstić information content (AvgIpc) is 2.38. The molecular weight excluding hydrogens is 300 g/mol. The minimum absolute atomic E-state index is 0.00750. The van der Waals surface area contributed by atoms with Crippen LogP contribution in [-0.2, 0) is 21.2 Å². The summed E-state index contributed by atoms with van der Waals surface area (Å²) >= 11 is 5.53. The van der Waals surface area contributed by atoms with Crippen molar-refractivity contribution in [1.82, 2.24) is 0 Å². The summed E-state index contributed by atoms with van der Waals surface area (Å²) in [6.07, 6.45) is 2.28. The largest absolute Gasteiger partial charge is 0.326 e. The van der Waals surface area contributed by atoms with Crippen molar-refractivity contribution >= 4 is 38.9 Å². The van der Waals surface area contributed by atoms with Gasteiger partial charge in [0.25, 0.3) is 0 Å². The molecule has 0 saturated carbocycles. The zero-order chi connectivity index (χ0) is 14.6. The highest BCUT2D eigenvalue weighted by Gasteiger charge is 2.16. The van der Waals surface area contributed by atoms with E-state index in [0.717, 1.165) is 11.3 Å². The van der Waals surface area contributed by atoms with E-state index in [1.807, 2.05) is 0 Å². The molecule has 1 aliphatic heterocycles. The predicted molar refractivity (Wildman–Crippen MR) is 80.8 cm³/mol. The van der Waals surface area contributed by atoms with Gasteiger partial charge in [0.05, 0.1) is 5.75 Å². The van der Waals surface area contributed by atoms with Gasteiger partial charge in [-0.2, -0.15) is 0 Å². The van der Waals surface area contributed by atoms with E-state index in [0.29, 0.717) is 37.3 Å². The van der Waals surface area contributed by atoms with Crippen LogP contribution in [0.2, 0.25) is 0 Å². The number of carbonyl (C=O) groups excluding carboxylic acids is 1. The standard InChI is InChI=1S/C13H17ClN2O3S/c14-7-1-2-8-20(18,19)16-11-4-5-12-10(9-11)3-6-13(17)15-12/h4-5,9,16H,1-3,6-8H2,(H,15,17). The lowest BCUT2D eigenvalue weighted by Crippen LogP contribution is -2.20. The number of anilines is 2. The molecule has 1 amide bonds. The fourth-order valence-electron chi connectivity index (χ4n) is 2.06. The Morgan fingerprint density at radius 3 is 2.80 bits per heavy atom. The molecule has 0 aliphatic carbocycles. The predicted octanol–water partition coefficient (Wildman–Crippen LogP) is 2.33. The lowest BCUT2D eigenvalue weighted by Gasteiger charge is -2.18. The van der Waals surface area contributed by atoms with Crippen molar-refractivity contribution in [3.8, 4) is 0 Å². The normalized spacial score (nSPS) is 14.6. The van der Waals surface area contributed by atoms with Crippen LogP contribution in [0.25, 0.3) is 0 Å². The van der Waals surface area contributed by atoms with Crippen LogP contribution < -0.4 is 10.0 Å². The molecule has 1 aromatic rings. The van der Waals surface area contributed by atoms with Crippen LogP contribution in [0.4, 0.5) is 11.4 Å². The number of nitrogens with one attached hydrogen (secondary N) is 2. The van der Waals surface area contributed by atoms with Crippen LogP contribution in [-0.4, -0.2) is 26.0 Å². The molecule has 110 valence electrons. The molecule has 0 radical (unpaired) electrons. The minimum atomic E-state index is -3.34. The number of unbranched alkanes of at least 4 members (excludes halogenated alkanes) is 1. The van der Waals surface area contributed by atoms with E-state index in [1.54, 1.807) is 18.2 Å². The second kappa shape index (κ2) is 6.45. The average molecular weight is 317 g/mol. The van der Waals surface area contributed by atoms with Crippen molar-refractivity contribution in [3.63, 3.8) is 0 Å². The summed E-state index contributed by atoms with van der Waals surface area (Å²) in [6, 6.07) is 5.15. The monoisotopic (exact) mass is 316 g/mol. The zero-order valence-electron chi connectivity index (χ0n) is 11.0. The fraction of sp³-hybridized carbons (Fsp3) is 0.462. The first-order valence-corrected chi connectivity index (χ1v) is 8.68. The molecule has 0 fully saturated rings. The molecule has 2 N–H and O–H groups in total. The molecule has 0 aromatic heterocycles. The van der Waals surface area contributed by atoms with Gasteiger partial charge in [-0.1, -0.05) is 0 Å². The number of rotatable bonds is 6. The summed E-state index contributed by atoms with van der Waals surface area (Å²) in [5.74, 6) is 0.522. The first-order chi connectivity index (χ1) is 9.50. The molecule has 1 heterocycles. The number of carbonyl (C=O) groups is 1. The number of alkyl halides is 1. The molecule has 2 rings (SSSR count). The number of amides is 1. The number of aryl methyl sites for hydroxylation is 1. The van der Waals surface area contributed by atoms with Crippen molar-refractivity contribution in [2.75, 3.05) is 21.7 Å². The van der Waals surface area contributed by atoms with Gasteiger partial charge in [-0.25, -0.2) is 8.42 Å². The third kappa shape index (κ3) is 4.11. The number of fused-ring (bicyclic) bond motifs is 1. The van der Waals surface area contributed by atoms with Gasteiger partial charge in [0.2, 0.25) is 15.9 Å². The molecule has 0 saturated heterocycles. The first-order valence-electron chi connectivity index (χ1n) is 6.49. The smallest absolute Gasteiger partial charge is 0.232 e. The van der Waals surface area contributed by atoms with Crippen molar-refractivity contribution in [2.24, 2.45) is 0 Å². The molecule has 0 atom stereocenters. The van der Waals surface area contributed by atoms with E-state index in [4.69, 9.17) is 11.6 Å². The second-order valence-electron chi connectivity index (χ2n) is 4.74. The van der Waals surface area contributed by atoms with E-state index in [1.165, 1.54) is 0 Å². The van der Waals surface area contributed by atoms with Gasteiger partial charge in [0.15, 0.2) is 0 Å². The Labute approximate surface area is 123 Å². The molecule has 0 unspecified atom stereocenters. The Balaban J connectivity index is 2.05. The highest BCUT2D eigenvalue weighted by atomic mass is 35.5. The number of hydrogen-bond donors (Lipinski definition) is 2. The maximum absolute atomic E-state index is 11.9. The van der Waals surface area contributed by atoms with Crippen molar-refractivity contribution in [1.29, 1.82) is 0 Å². The highest BCUT2D eigenvalue weighted by Crippen LogP contribution is 2.26. The molecule has 1 aliphatic rings. The van der Waals surface area contributed by atoms with E-state index < -0.39 is 10.0 Å². The molecule has 0 bridgehead atoms. The lowest BCUT2D eigenvalue weighted by atomic mass is 10.0. The Hall–Kier alpha value is -1.27. The highest BCUT2D eigenvalue weighted by molar-refractivity contribution is 7.92. The third-order valence-electron chi connectivity index (χ3n) is 3.07. The van der Waals surface area contributed by atoms with Crippen LogP contribution in [0.5, 0.6) is 0 Å². The molecular formula is C13H17ClN2O3S. The maximum atomic E-state index is 11.9. The van der Waals surface area contributed by atoms with Crippen LogP contribution in [0.15, 0.2) is 18.2 Å². The van der Waals surface area contributed by atoms with Crippen molar-refractivity contribution < 1.29 is 13.2 Å². The minimum Gasteiger partial charge on any atom is -0.326 e. The van der Waals surface area contributed by atoms with Crippen LogP contribution in [0, 0.1) is 0 Å². The summed E-state index contributed by atoms with van der Waals surface area (Å²) < 4.78 is 26.3. The topological polar surface area (TPSA) is 75.3 Å². The van der Waals surface area contributed by atoms with Gasteiger partial charge < -0.3 is 5.32 Å². The van der Waals surface area contributed by atoms with E-state index in [9.17, 15) is 13.2 Å². The molecule has 0 spiro atoms. The zero-order valence-corrected chi connectivity index (χ0v) is 12.6. The molecule has 1 aromatic carbocycles. The fourth-order valence-corrected chi connectivity index (χ4v) is 3.43. The third-order valence-corrected chi connectivity index (χ3v) is 4.71. The first kappa shape index (κ1) is 15.1. The van der Waals surface area contributed by atoms with Gasteiger partial charge in [-0.15, -0.1) is 11.6 Å². The number of halogens is 1. The summed E-state index contributed by atoms with van der Waals surface area (Å²) in [7, 11) is -3.34. The van der Waals surface area contributed by atoms with E-state index in [-0.39, 0.29) is 11.7 Å². The SMILES string of the molecule is O=C1CCc2cc(NS(=O)(=O)CCCCCl)ccc2N1. The van der Waals surface area contributed by atoms with Gasteiger partial charge in [-0.05, 0) is 43.0 Å². The summed E-state index contributed by atoms with van der Waals surface area (Å²) in [6.45, 7) is 0. The van der Waals surface area contributed by atoms with Gasteiger partial charge in [0.1, 0.15) is 0 Å². The Morgan fingerprint density at radius 2 is 2.05 bits per heavy atom. The maximum Gasteiger partial charge on any atom is 0.232 e. The molecule has 20 heavy (non-hydrogen) atoms. The number of benzene rings is 1. The quantitative estimate of drug-likeness (QED) is 0.625. The molecule has 5 nitrogen and oxygen atoms in total. The summed E-state index contributed by atoms with van der Waals surface area (Å²) in [5, 5.41) is 2.76. The van der Waals surface area contributed by atoms with Gasteiger partial charge in [-0.3, -0.25) is 9.52 Å².